The second kappa shape index (κ2) is 6.03. The number of rotatable bonds is 5. The van der Waals surface area contributed by atoms with Gasteiger partial charge in [-0.3, -0.25) is 0 Å². The smallest absolute Gasteiger partial charge is 0.162 e. The van der Waals surface area contributed by atoms with E-state index in [9.17, 15) is 0 Å². The number of nitrogens with one attached hydrogen (secondary N) is 1. The second-order valence-electron chi connectivity index (χ2n) is 5.33. The molecule has 5 nitrogen and oxygen atoms in total. The highest BCUT2D eigenvalue weighted by Crippen LogP contribution is 2.20. The first-order chi connectivity index (χ1) is 9.52. The van der Waals surface area contributed by atoms with Gasteiger partial charge in [-0.25, -0.2) is 14.6 Å². The molecule has 5 heteroatoms. The molecule has 0 aliphatic heterocycles. The van der Waals surface area contributed by atoms with Crippen LogP contribution in [0.1, 0.15) is 50.2 Å². The largest absolute Gasteiger partial charge is 0.370 e. The van der Waals surface area contributed by atoms with E-state index in [1.54, 1.807) is 0 Å². The number of anilines is 1. The van der Waals surface area contributed by atoms with Crippen LogP contribution in [0.5, 0.6) is 0 Å². The number of hydrogen-bond donors (Lipinski definition) is 1. The van der Waals surface area contributed by atoms with E-state index in [1.807, 2.05) is 30.8 Å². The minimum absolute atomic E-state index is 0.414. The molecule has 2 aromatic rings. The molecule has 1 N–H and O–H groups in total. The van der Waals surface area contributed by atoms with Crippen LogP contribution in [0.25, 0.3) is 5.82 Å². The Labute approximate surface area is 120 Å². The molecule has 2 aromatic heterocycles. The van der Waals surface area contributed by atoms with E-state index in [-0.39, 0.29) is 0 Å². The lowest BCUT2D eigenvalue weighted by molar-refractivity contribution is 0.748. The Balaban J connectivity index is 2.41. The highest BCUT2D eigenvalue weighted by atomic mass is 15.3. The van der Waals surface area contributed by atoms with Gasteiger partial charge in [0.1, 0.15) is 11.6 Å². The van der Waals surface area contributed by atoms with Crippen LogP contribution in [0.15, 0.2) is 12.3 Å². The van der Waals surface area contributed by atoms with E-state index in [4.69, 9.17) is 0 Å². The molecule has 0 fully saturated rings. The van der Waals surface area contributed by atoms with Gasteiger partial charge in [-0.1, -0.05) is 20.8 Å². The van der Waals surface area contributed by atoms with Gasteiger partial charge in [0.15, 0.2) is 5.82 Å². The highest BCUT2D eigenvalue weighted by Gasteiger charge is 2.12. The van der Waals surface area contributed by atoms with Crippen molar-refractivity contribution < 1.29 is 0 Å². The normalized spacial score (nSPS) is 11.1. The van der Waals surface area contributed by atoms with Crippen molar-refractivity contribution in [3.05, 3.63) is 29.3 Å². The maximum absolute atomic E-state index is 4.60. The van der Waals surface area contributed by atoms with Crippen molar-refractivity contribution in [2.45, 2.75) is 47.0 Å². The van der Waals surface area contributed by atoms with Crippen LogP contribution in [0.2, 0.25) is 0 Å². The third-order valence-corrected chi connectivity index (χ3v) is 3.19. The van der Waals surface area contributed by atoms with Gasteiger partial charge in [0, 0.05) is 18.3 Å². The maximum Gasteiger partial charge on any atom is 0.162 e. The van der Waals surface area contributed by atoms with Crippen LogP contribution >= 0.6 is 0 Å². The summed E-state index contributed by atoms with van der Waals surface area (Å²) in [6.45, 7) is 11.3. The summed E-state index contributed by atoms with van der Waals surface area (Å²) in [4.78, 5) is 9.01. The molecular formula is C15H23N5. The number of aryl methyl sites for hydroxylation is 1. The van der Waals surface area contributed by atoms with Crippen LogP contribution in [0.3, 0.4) is 0 Å². The number of aromatic nitrogens is 4. The molecule has 0 saturated carbocycles. The zero-order valence-corrected chi connectivity index (χ0v) is 12.9. The molecule has 108 valence electrons. The van der Waals surface area contributed by atoms with Crippen LogP contribution in [-0.2, 0) is 0 Å². The molecule has 0 amide bonds. The van der Waals surface area contributed by atoms with E-state index in [1.165, 1.54) is 0 Å². The number of hydrogen-bond acceptors (Lipinski definition) is 4. The third kappa shape index (κ3) is 2.98. The van der Waals surface area contributed by atoms with Crippen LogP contribution in [0, 0.1) is 13.8 Å². The minimum Gasteiger partial charge on any atom is -0.370 e. The van der Waals surface area contributed by atoms with Crippen molar-refractivity contribution in [3.8, 4) is 5.82 Å². The monoisotopic (exact) mass is 273 g/mol. The van der Waals surface area contributed by atoms with Crippen molar-refractivity contribution >= 4 is 5.82 Å². The minimum atomic E-state index is 0.414. The Morgan fingerprint density at radius 1 is 1.25 bits per heavy atom. The van der Waals surface area contributed by atoms with Gasteiger partial charge < -0.3 is 5.32 Å². The molecule has 0 atom stereocenters. The predicted octanol–water partition coefficient (Wildman–Crippen LogP) is 3.22. The first-order valence-corrected chi connectivity index (χ1v) is 7.18. The van der Waals surface area contributed by atoms with Gasteiger partial charge in [0.25, 0.3) is 0 Å². The van der Waals surface area contributed by atoms with Gasteiger partial charge in [-0.05, 0) is 32.3 Å². The van der Waals surface area contributed by atoms with E-state index in [2.05, 4.69) is 41.2 Å². The summed E-state index contributed by atoms with van der Waals surface area (Å²) in [5, 5.41) is 7.95. The average Bonchev–Trinajstić information content (AvgIpc) is 2.89. The van der Waals surface area contributed by atoms with Gasteiger partial charge in [-0.15, -0.1) is 0 Å². The van der Waals surface area contributed by atoms with Gasteiger partial charge in [0.05, 0.1) is 5.69 Å². The Hall–Kier alpha value is -1.91. The summed E-state index contributed by atoms with van der Waals surface area (Å²) in [6.07, 6.45) is 3.03. The van der Waals surface area contributed by atoms with E-state index in [0.717, 1.165) is 41.7 Å². The molecule has 0 bridgehead atoms. The summed E-state index contributed by atoms with van der Waals surface area (Å²) in [5.74, 6) is 2.92. The molecule has 0 unspecified atom stereocenters. The maximum atomic E-state index is 4.60. The molecule has 2 rings (SSSR count). The molecule has 0 aliphatic rings. The third-order valence-electron chi connectivity index (χ3n) is 3.19. The van der Waals surface area contributed by atoms with Crippen LogP contribution in [-0.4, -0.2) is 26.3 Å². The Morgan fingerprint density at radius 2 is 2.00 bits per heavy atom. The summed E-state index contributed by atoms with van der Waals surface area (Å²) < 4.78 is 1.84. The lowest BCUT2D eigenvalue weighted by Crippen LogP contribution is -2.11. The van der Waals surface area contributed by atoms with Crippen LogP contribution < -0.4 is 5.32 Å². The Bertz CT molecular complexity index is 586. The summed E-state index contributed by atoms with van der Waals surface area (Å²) in [7, 11) is 0. The van der Waals surface area contributed by atoms with Crippen molar-refractivity contribution in [2.75, 3.05) is 11.9 Å². The average molecular weight is 273 g/mol. The predicted molar refractivity (Wildman–Crippen MR) is 81.5 cm³/mol. The van der Waals surface area contributed by atoms with Crippen molar-refractivity contribution in [1.82, 2.24) is 19.7 Å². The summed E-state index contributed by atoms with van der Waals surface area (Å²) in [5.41, 5.74) is 2.10. The summed E-state index contributed by atoms with van der Waals surface area (Å²) >= 11 is 0. The molecular weight excluding hydrogens is 250 g/mol. The lowest BCUT2D eigenvalue weighted by Gasteiger charge is -2.12. The molecule has 0 spiro atoms. The molecule has 0 aromatic carbocycles. The van der Waals surface area contributed by atoms with Crippen LogP contribution in [0.4, 0.5) is 5.82 Å². The van der Waals surface area contributed by atoms with Crippen molar-refractivity contribution in [1.29, 1.82) is 0 Å². The fraction of sp³-hybridized carbons (Fsp3) is 0.533. The van der Waals surface area contributed by atoms with Gasteiger partial charge in [-0.2, -0.15) is 5.10 Å². The number of nitrogens with zero attached hydrogens (tertiary/aromatic N) is 4. The first-order valence-electron chi connectivity index (χ1n) is 7.18. The zero-order valence-electron chi connectivity index (χ0n) is 12.9. The summed E-state index contributed by atoms with van der Waals surface area (Å²) in [6, 6.07) is 2.04. The first kappa shape index (κ1) is 14.5. The Kier molecular flexibility index (Phi) is 4.37. The zero-order chi connectivity index (χ0) is 14.7. The fourth-order valence-electron chi connectivity index (χ4n) is 2.02. The van der Waals surface area contributed by atoms with Gasteiger partial charge >= 0.3 is 0 Å². The second-order valence-corrected chi connectivity index (χ2v) is 5.33. The van der Waals surface area contributed by atoms with E-state index < -0.39 is 0 Å². The Morgan fingerprint density at radius 3 is 2.60 bits per heavy atom. The SMILES string of the molecule is CCCNc1nc(C)nc(-n2ccc(C(C)C)n2)c1C. The fourth-order valence-corrected chi connectivity index (χ4v) is 2.02. The molecule has 20 heavy (non-hydrogen) atoms. The lowest BCUT2D eigenvalue weighted by atomic mass is 10.1. The molecule has 2 heterocycles. The van der Waals surface area contributed by atoms with Crippen molar-refractivity contribution in [3.63, 3.8) is 0 Å². The molecule has 0 aliphatic carbocycles. The highest BCUT2D eigenvalue weighted by molar-refractivity contribution is 5.51. The van der Waals surface area contributed by atoms with E-state index in [0.29, 0.717) is 5.92 Å². The quantitative estimate of drug-likeness (QED) is 0.908. The van der Waals surface area contributed by atoms with Gasteiger partial charge in [0.2, 0.25) is 0 Å². The standard InChI is InChI=1S/C15H23N5/c1-6-8-16-14-11(4)15(18-12(5)17-14)20-9-7-13(19-20)10(2)3/h7,9-10H,6,8H2,1-5H3,(H,16,17,18). The molecule has 0 radical (unpaired) electrons. The molecule has 0 saturated heterocycles. The topological polar surface area (TPSA) is 55.6 Å². The van der Waals surface area contributed by atoms with Crippen molar-refractivity contribution in [2.24, 2.45) is 0 Å². The van der Waals surface area contributed by atoms with E-state index >= 15 is 0 Å².